The Balaban J connectivity index is 1.90. The van der Waals surface area contributed by atoms with Gasteiger partial charge in [-0.1, -0.05) is 36.8 Å². The van der Waals surface area contributed by atoms with Crippen LogP contribution in [0.4, 0.5) is 5.69 Å². The molecule has 0 saturated carbocycles. The van der Waals surface area contributed by atoms with Crippen molar-refractivity contribution in [2.75, 3.05) is 17.7 Å². The van der Waals surface area contributed by atoms with E-state index in [4.69, 9.17) is 4.74 Å². The average molecular weight is 415 g/mol. The Bertz CT molecular complexity index is 852. The van der Waals surface area contributed by atoms with Crippen LogP contribution in [0.3, 0.4) is 0 Å². The number of anilines is 1. The van der Waals surface area contributed by atoms with Crippen molar-refractivity contribution in [1.82, 2.24) is 5.32 Å². The molecule has 0 aliphatic carbocycles. The van der Waals surface area contributed by atoms with Gasteiger partial charge in [-0.2, -0.15) is 0 Å². The predicted molar refractivity (Wildman–Crippen MR) is 115 cm³/mol. The Morgan fingerprint density at radius 1 is 1.03 bits per heavy atom. The second-order valence-electron chi connectivity index (χ2n) is 6.65. The number of nitrogens with one attached hydrogen (secondary N) is 2. The van der Waals surface area contributed by atoms with E-state index in [0.29, 0.717) is 10.5 Å². The molecule has 2 aromatic rings. The van der Waals surface area contributed by atoms with Crippen molar-refractivity contribution in [1.29, 1.82) is 0 Å². The minimum atomic E-state index is -0.591. The van der Waals surface area contributed by atoms with Crippen molar-refractivity contribution in [3.63, 3.8) is 0 Å². The van der Waals surface area contributed by atoms with Crippen LogP contribution >= 0.6 is 11.8 Å². The lowest BCUT2D eigenvalue weighted by atomic mass is 10.2. The standard InChI is InChI=1S/C22H26N2O4S/c1-4-16(3)23-20(25)13-28-22(27)18-7-5-6-8-19(18)29-14-21(26)24-17-11-9-15(2)10-12-17/h5-12,16H,4,13-14H2,1-3H3,(H,23,25)(H,24,26)/t16-/m1/s1. The molecule has 0 radical (unpaired) electrons. The highest BCUT2D eigenvalue weighted by atomic mass is 32.2. The molecule has 7 heteroatoms. The highest BCUT2D eigenvalue weighted by molar-refractivity contribution is 8.00. The van der Waals surface area contributed by atoms with Crippen LogP contribution in [0.15, 0.2) is 53.4 Å². The Morgan fingerprint density at radius 3 is 2.41 bits per heavy atom. The van der Waals surface area contributed by atoms with E-state index in [9.17, 15) is 14.4 Å². The summed E-state index contributed by atoms with van der Waals surface area (Å²) >= 11 is 1.24. The highest BCUT2D eigenvalue weighted by Gasteiger charge is 2.16. The molecule has 6 nitrogen and oxygen atoms in total. The summed E-state index contributed by atoms with van der Waals surface area (Å²) in [7, 11) is 0. The SMILES string of the molecule is CC[C@@H](C)NC(=O)COC(=O)c1ccccc1SCC(=O)Nc1ccc(C)cc1. The lowest BCUT2D eigenvalue weighted by Crippen LogP contribution is -2.35. The van der Waals surface area contributed by atoms with Gasteiger partial charge in [0.25, 0.3) is 5.91 Å². The summed E-state index contributed by atoms with van der Waals surface area (Å²) in [6.45, 7) is 5.48. The predicted octanol–water partition coefficient (Wildman–Crippen LogP) is 3.80. The van der Waals surface area contributed by atoms with Gasteiger partial charge in [-0.25, -0.2) is 4.79 Å². The number of ether oxygens (including phenoxy) is 1. The first kappa shape index (κ1) is 22.5. The van der Waals surface area contributed by atoms with Crippen molar-refractivity contribution in [3.05, 3.63) is 59.7 Å². The van der Waals surface area contributed by atoms with Crippen LogP contribution < -0.4 is 10.6 Å². The normalized spacial score (nSPS) is 11.4. The van der Waals surface area contributed by atoms with Crippen LogP contribution in [0, 0.1) is 6.92 Å². The van der Waals surface area contributed by atoms with E-state index >= 15 is 0 Å². The number of hydrogen-bond donors (Lipinski definition) is 2. The molecular formula is C22H26N2O4S. The zero-order chi connectivity index (χ0) is 21.2. The fraction of sp³-hybridized carbons (Fsp3) is 0.318. The van der Waals surface area contributed by atoms with Crippen LogP contribution in [0.25, 0.3) is 0 Å². The van der Waals surface area contributed by atoms with Gasteiger partial charge in [0, 0.05) is 16.6 Å². The number of rotatable bonds is 9. The Morgan fingerprint density at radius 2 is 1.72 bits per heavy atom. The Kier molecular flexibility index (Phi) is 8.73. The zero-order valence-corrected chi connectivity index (χ0v) is 17.7. The average Bonchev–Trinajstić information content (AvgIpc) is 2.72. The van der Waals surface area contributed by atoms with Crippen LogP contribution in [0.2, 0.25) is 0 Å². The molecule has 1 atom stereocenters. The minimum Gasteiger partial charge on any atom is -0.452 e. The summed E-state index contributed by atoms with van der Waals surface area (Å²) in [6, 6.07) is 14.4. The molecule has 2 aromatic carbocycles. The van der Waals surface area contributed by atoms with Gasteiger partial charge in [0.1, 0.15) is 0 Å². The van der Waals surface area contributed by atoms with Gasteiger partial charge in [0.05, 0.1) is 11.3 Å². The van der Waals surface area contributed by atoms with Crippen molar-refractivity contribution >= 4 is 35.2 Å². The summed E-state index contributed by atoms with van der Waals surface area (Å²) in [6.07, 6.45) is 0.795. The van der Waals surface area contributed by atoms with Gasteiger partial charge in [0.2, 0.25) is 5.91 Å². The third kappa shape index (κ3) is 7.62. The topological polar surface area (TPSA) is 84.5 Å². The number of amides is 2. The highest BCUT2D eigenvalue weighted by Crippen LogP contribution is 2.23. The molecule has 29 heavy (non-hydrogen) atoms. The lowest BCUT2D eigenvalue weighted by molar-refractivity contribution is -0.124. The van der Waals surface area contributed by atoms with Gasteiger partial charge < -0.3 is 15.4 Å². The van der Waals surface area contributed by atoms with E-state index < -0.39 is 5.97 Å². The molecule has 0 saturated heterocycles. The van der Waals surface area contributed by atoms with Crippen LogP contribution in [0.1, 0.15) is 36.2 Å². The van der Waals surface area contributed by atoms with Gasteiger partial charge in [-0.05, 0) is 44.5 Å². The smallest absolute Gasteiger partial charge is 0.339 e. The second kappa shape index (κ2) is 11.3. The van der Waals surface area contributed by atoms with E-state index in [1.54, 1.807) is 24.3 Å². The van der Waals surface area contributed by atoms with Gasteiger partial charge >= 0.3 is 5.97 Å². The maximum atomic E-state index is 12.4. The fourth-order valence-corrected chi connectivity index (χ4v) is 3.21. The zero-order valence-electron chi connectivity index (χ0n) is 16.9. The largest absolute Gasteiger partial charge is 0.452 e. The van der Waals surface area contributed by atoms with E-state index in [1.165, 1.54) is 11.8 Å². The van der Waals surface area contributed by atoms with E-state index in [0.717, 1.165) is 17.7 Å². The van der Waals surface area contributed by atoms with Crippen molar-refractivity contribution in [2.24, 2.45) is 0 Å². The molecule has 0 aromatic heterocycles. The number of esters is 1. The second-order valence-corrected chi connectivity index (χ2v) is 7.67. The molecule has 154 valence electrons. The summed E-state index contributed by atoms with van der Waals surface area (Å²) in [5.74, 6) is -0.955. The van der Waals surface area contributed by atoms with Crippen LogP contribution in [0.5, 0.6) is 0 Å². The maximum absolute atomic E-state index is 12.4. The number of aryl methyl sites for hydroxylation is 1. The fourth-order valence-electron chi connectivity index (χ4n) is 2.37. The number of benzene rings is 2. The van der Waals surface area contributed by atoms with E-state index in [1.807, 2.05) is 45.0 Å². The van der Waals surface area contributed by atoms with Crippen LogP contribution in [-0.2, 0) is 14.3 Å². The lowest BCUT2D eigenvalue weighted by Gasteiger charge is -2.12. The van der Waals surface area contributed by atoms with Crippen molar-refractivity contribution < 1.29 is 19.1 Å². The maximum Gasteiger partial charge on any atom is 0.339 e. The van der Waals surface area contributed by atoms with Gasteiger partial charge in [-0.15, -0.1) is 11.8 Å². The molecule has 0 bridgehead atoms. The number of hydrogen-bond acceptors (Lipinski definition) is 5. The van der Waals surface area contributed by atoms with Crippen molar-refractivity contribution in [2.45, 2.75) is 38.1 Å². The Labute approximate surface area is 175 Å². The third-order valence-electron chi connectivity index (χ3n) is 4.16. The minimum absolute atomic E-state index is 0.0242. The molecular weight excluding hydrogens is 388 g/mol. The summed E-state index contributed by atoms with van der Waals surface area (Å²) < 4.78 is 5.12. The monoisotopic (exact) mass is 414 g/mol. The van der Waals surface area contributed by atoms with Gasteiger partial charge in [-0.3, -0.25) is 9.59 Å². The van der Waals surface area contributed by atoms with Crippen LogP contribution in [-0.4, -0.2) is 36.2 Å². The van der Waals surface area contributed by atoms with Crippen molar-refractivity contribution in [3.8, 4) is 0 Å². The number of thioether (sulfide) groups is 1. The van der Waals surface area contributed by atoms with E-state index in [-0.39, 0.29) is 30.2 Å². The summed E-state index contributed by atoms with van der Waals surface area (Å²) in [4.78, 5) is 37.0. The molecule has 0 aliphatic heterocycles. The molecule has 0 spiro atoms. The molecule has 0 fully saturated rings. The quantitative estimate of drug-likeness (QED) is 0.482. The summed E-state index contributed by atoms with van der Waals surface area (Å²) in [5, 5.41) is 5.57. The summed E-state index contributed by atoms with van der Waals surface area (Å²) in [5.41, 5.74) is 2.17. The molecule has 2 N–H and O–H groups in total. The first-order chi connectivity index (χ1) is 13.9. The molecule has 0 unspecified atom stereocenters. The first-order valence-corrected chi connectivity index (χ1v) is 10.4. The molecule has 2 amide bonds. The number of carbonyl (C=O) groups excluding carboxylic acids is 3. The molecule has 2 rings (SSSR count). The molecule has 0 heterocycles. The molecule has 0 aliphatic rings. The Hall–Kier alpha value is -2.80. The first-order valence-electron chi connectivity index (χ1n) is 9.44. The van der Waals surface area contributed by atoms with E-state index in [2.05, 4.69) is 10.6 Å². The third-order valence-corrected chi connectivity index (χ3v) is 5.23. The number of carbonyl (C=O) groups is 3. The van der Waals surface area contributed by atoms with Gasteiger partial charge in [0.15, 0.2) is 6.61 Å².